The van der Waals surface area contributed by atoms with E-state index in [0.29, 0.717) is 0 Å². The lowest BCUT2D eigenvalue weighted by Crippen LogP contribution is -2.21. The first-order valence-corrected chi connectivity index (χ1v) is 9.06. The van der Waals surface area contributed by atoms with Crippen molar-refractivity contribution in [3.05, 3.63) is 79.4 Å². The molecule has 0 aliphatic carbocycles. The molecule has 0 aliphatic rings. The molecule has 0 fully saturated rings. The largest absolute Gasteiger partial charge is 0.365 e. The first kappa shape index (κ1) is 22.4. The molecule has 0 heterocycles. The predicted octanol–water partition coefficient (Wildman–Crippen LogP) is 5.89. The third-order valence-corrected chi connectivity index (χ3v) is 4.49. The highest BCUT2D eigenvalue weighted by Gasteiger charge is 2.33. The summed E-state index contributed by atoms with van der Waals surface area (Å²) in [5, 5.41) is 22.9. The van der Waals surface area contributed by atoms with Crippen molar-refractivity contribution < 1.29 is 23.4 Å². The van der Waals surface area contributed by atoms with Gasteiger partial charge in [0.15, 0.2) is 0 Å². The lowest BCUT2D eigenvalue weighted by molar-refractivity contribution is -0.387. The van der Waals surface area contributed by atoms with Crippen LogP contribution in [0, 0.1) is 43.7 Å². The Hall–Kier alpha value is -2.94. The second-order valence-corrected chi connectivity index (χ2v) is 7.39. The number of ether oxygens (including phenoxy) is 1. The maximum Gasteiger partial charge on any atom is 0.275 e. The summed E-state index contributed by atoms with van der Waals surface area (Å²) in [4.78, 5) is 21.6. The van der Waals surface area contributed by atoms with Gasteiger partial charge >= 0.3 is 0 Å². The summed E-state index contributed by atoms with van der Waals surface area (Å²) in [5.41, 5.74) is -0.591. The number of hydrogen-bond acceptors (Lipinski definition) is 5. The van der Waals surface area contributed by atoms with E-state index in [4.69, 9.17) is 4.74 Å². The Morgan fingerprint density at radius 1 is 0.759 bits per heavy atom. The Morgan fingerprint density at radius 2 is 1.10 bits per heavy atom. The van der Waals surface area contributed by atoms with E-state index < -0.39 is 33.7 Å². The van der Waals surface area contributed by atoms with Crippen LogP contribution in [0.2, 0.25) is 0 Å². The number of nitro groups is 2. The zero-order valence-corrected chi connectivity index (χ0v) is 16.5. The molecule has 2 unspecified atom stereocenters. The van der Waals surface area contributed by atoms with E-state index in [1.807, 2.05) is 0 Å². The first-order valence-electron chi connectivity index (χ1n) is 9.06. The van der Waals surface area contributed by atoms with E-state index in [-0.39, 0.29) is 34.3 Å². The molecule has 0 bridgehead atoms. The van der Waals surface area contributed by atoms with Crippen LogP contribution in [-0.2, 0) is 4.74 Å². The van der Waals surface area contributed by atoms with Crippen LogP contribution in [0.1, 0.15) is 51.0 Å². The minimum atomic E-state index is -0.943. The monoisotopic (exact) mass is 408 g/mol. The Morgan fingerprint density at radius 3 is 1.38 bits per heavy atom. The molecule has 2 aromatic carbocycles. The Bertz CT molecular complexity index is 844. The normalized spacial score (nSPS) is 13.5. The van der Waals surface area contributed by atoms with Crippen molar-refractivity contribution in [1.82, 2.24) is 0 Å². The van der Waals surface area contributed by atoms with Crippen molar-refractivity contribution in [2.45, 2.75) is 39.9 Å². The minimum absolute atomic E-state index is 0.0229. The molecule has 0 aliphatic heterocycles. The average molecular weight is 408 g/mol. The predicted molar refractivity (Wildman–Crippen MR) is 102 cm³/mol. The van der Waals surface area contributed by atoms with Crippen LogP contribution in [0.15, 0.2) is 36.4 Å². The maximum absolute atomic E-state index is 13.9. The van der Waals surface area contributed by atoms with Gasteiger partial charge in [0.2, 0.25) is 0 Å². The van der Waals surface area contributed by atoms with Gasteiger partial charge in [0.25, 0.3) is 11.4 Å². The van der Waals surface area contributed by atoms with Crippen molar-refractivity contribution in [2.75, 3.05) is 0 Å². The smallest absolute Gasteiger partial charge is 0.275 e. The van der Waals surface area contributed by atoms with Gasteiger partial charge in [0.05, 0.1) is 33.2 Å². The van der Waals surface area contributed by atoms with Gasteiger partial charge < -0.3 is 4.74 Å². The fourth-order valence-corrected chi connectivity index (χ4v) is 3.18. The molecule has 2 atom stereocenters. The highest BCUT2D eigenvalue weighted by atomic mass is 19.1. The van der Waals surface area contributed by atoms with Crippen molar-refractivity contribution >= 4 is 11.4 Å². The SMILES string of the molecule is CC(C)C(OC(c1cc(F)ccc1[N+](=O)[O-])C(C)C)c1cc(F)ccc1[N+](=O)[O-]. The molecular weight excluding hydrogens is 386 g/mol. The summed E-state index contributed by atoms with van der Waals surface area (Å²) in [6.07, 6.45) is -1.89. The topological polar surface area (TPSA) is 95.5 Å². The lowest BCUT2D eigenvalue weighted by atomic mass is 9.93. The molecule has 156 valence electrons. The standard InChI is InChI=1S/C20H22F2N2O5/c1-11(2)19(15-9-13(21)5-7-17(15)23(25)26)29-20(12(3)4)16-10-14(22)6-8-18(16)24(27)28/h5-12,19-20H,1-4H3. The molecule has 7 nitrogen and oxygen atoms in total. The van der Waals surface area contributed by atoms with E-state index in [2.05, 4.69) is 0 Å². The summed E-state index contributed by atoms with van der Waals surface area (Å²) in [6.45, 7) is 6.93. The minimum Gasteiger partial charge on any atom is -0.365 e. The Balaban J connectivity index is 2.59. The molecule has 0 amide bonds. The van der Waals surface area contributed by atoms with Crippen LogP contribution in [-0.4, -0.2) is 9.85 Å². The van der Waals surface area contributed by atoms with Crippen molar-refractivity contribution in [3.63, 3.8) is 0 Å². The molecule has 0 aromatic heterocycles. The molecule has 0 saturated heterocycles. The quantitative estimate of drug-likeness (QED) is 0.401. The van der Waals surface area contributed by atoms with Crippen LogP contribution < -0.4 is 0 Å². The summed E-state index contributed by atoms with van der Waals surface area (Å²) >= 11 is 0. The van der Waals surface area contributed by atoms with E-state index in [1.165, 1.54) is 0 Å². The molecule has 2 aromatic rings. The van der Waals surface area contributed by atoms with Gasteiger partial charge in [-0.3, -0.25) is 20.2 Å². The maximum atomic E-state index is 13.9. The van der Waals surface area contributed by atoms with Gasteiger partial charge in [-0.25, -0.2) is 8.78 Å². The number of rotatable bonds is 8. The number of halogens is 2. The van der Waals surface area contributed by atoms with Crippen molar-refractivity contribution in [1.29, 1.82) is 0 Å². The van der Waals surface area contributed by atoms with Crippen LogP contribution >= 0.6 is 0 Å². The zero-order valence-electron chi connectivity index (χ0n) is 16.5. The number of benzene rings is 2. The fraction of sp³-hybridized carbons (Fsp3) is 0.400. The van der Waals surface area contributed by atoms with Gasteiger partial charge in [0.1, 0.15) is 11.6 Å². The average Bonchev–Trinajstić information content (AvgIpc) is 2.61. The van der Waals surface area contributed by atoms with E-state index in [0.717, 1.165) is 36.4 Å². The summed E-state index contributed by atoms with van der Waals surface area (Å²) in [6, 6.07) is 6.13. The van der Waals surface area contributed by atoms with Crippen molar-refractivity contribution in [2.24, 2.45) is 11.8 Å². The van der Waals surface area contributed by atoms with E-state index >= 15 is 0 Å². The summed E-state index contributed by atoms with van der Waals surface area (Å²) < 4.78 is 33.8. The fourth-order valence-electron chi connectivity index (χ4n) is 3.18. The third-order valence-electron chi connectivity index (χ3n) is 4.49. The lowest BCUT2D eigenvalue weighted by Gasteiger charge is -2.30. The Kier molecular flexibility index (Phi) is 6.97. The summed E-state index contributed by atoms with van der Waals surface area (Å²) in [7, 11) is 0. The van der Waals surface area contributed by atoms with Gasteiger partial charge in [-0.05, 0) is 36.1 Å². The van der Waals surface area contributed by atoms with E-state index in [1.54, 1.807) is 27.7 Å². The molecule has 0 N–H and O–H groups in total. The van der Waals surface area contributed by atoms with Gasteiger partial charge in [-0.2, -0.15) is 0 Å². The molecule has 29 heavy (non-hydrogen) atoms. The molecule has 0 radical (unpaired) electrons. The molecule has 0 spiro atoms. The highest BCUT2D eigenvalue weighted by Crippen LogP contribution is 2.41. The van der Waals surface area contributed by atoms with Crippen LogP contribution in [0.25, 0.3) is 0 Å². The molecule has 0 saturated carbocycles. The number of nitro benzene ring substituents is 2. The van der Waals surface area contributed by atoms with Crippen molar-refractivity contribution in [3.8, 4) is 0 Å². The van der Waals surface area contributed by atoms with Gasteiger partial charge in [0, 0.05) is 12.1 Å². The molecular formula is C20H22F2N2O5. The van der Waals surface area contributed by atoms with Crippen LogP contribution in [0.5, 0.6) is 0 Å². The van der Waals surface area contributed by atoms with Gasteiger partial charge in [-0.1, -0.05) is 27.7 Å². The molecule has 9 heteroatoms. The first-order chi connectivity index (χ1) is 13.5. The number of hydrogen-bond donors (Lipinski definition) is 0. The second-order valence-electron chi connectivity index (χ2n) is 7.39. The molecule has 2 rings (SSSR count). The van der Waals surface area contributed by atoms with Crippen LogP contribution in [0.3, 0.4) is 0 Å². The highest BCUT2D eigenvalue weighted by molar-refractivity contribution is 5.44. The Labute approximate surface area is 166 Å². The zero-order chi connectivity index (χ0) is 21.9. The third kappa shape index (κ3) is 5.11. The second kappa shape index (κ2) is 9.04. The van der Waals surface area contributed by atoms with E-state index in [9.17, 15) is 29.0 Å². The summed E-state index contributed by atoms with van der Waals surface area (Å²) in [5.74, 6) is -2.00. The van der Waals surface area contributed by atoms with Gasteiger partial charge in [-0.15, -0.1) is 0 Å². The van der Waals surface area contributed by atoms with Crippen LogP contribution in [0.4, 0.5) is 20.2 Å². The number of nitrogens with zero attached hydrogens (tertiary/aromatic N) is 2.